The average Bonchev–Trinajstić information content (AvgIpc) is 2.55. The first kappa shape index (κ1) is 17.8. The van der Waals surface area contributed by atoms with Crippen LogP contribution in [0.2, 0.25) is 0 Å². The second-order valence-corrected chi connectivity index (χ2v) is 6.80. The highest BCUT2D eigenvalue weighted by molar-refractivity contribution is 5.87. The molecule has 1 N–H and O–H groups in total. The summed E-state index contributed by atoms with van der Waals surface area (Å²) < 4.78 is 10.2. The van der Waals surface area contributed by atoms with E-state index in [0.717, 1.165) is 11.3 Å². The maximum absolute atomic E-state index is 12.9. The molecule has 1 saturated heterocycles. The Morgan fingerprint density at radius 2 is 1.78 bits per heavy atom. The molecule has 1 amide bonds. The molecule has 0 atom stereocenters. The van der Waals surface area contributed by atoms with Crippen LogP contribution in [0, 0.1) is 0 Å². The van der Waals surface area contributed by atoms with Gasteiger partial charge in [0.05, 0.1) is 24.7 Å². The lowest BCUT2D eigenvalue weighted by Gasteiger charge is -2.40. The summed E-state index contributed by atoms with van der Waals surface area (Å²) in [4.78, 5) is 14.8. The van der Waals surface area contributed by atoms with Gasteiger partial charge in [-0.15, -0.1) is 0 Å². The van der Waals surface area contributed by atoms with Gasteiger partial charge in [0.1, 0.15) is 5.75 Å². The molecule has 1 fully saturated rings. The van der Waals surface area contributed by atoms with E-state index in [1.807, 2.05) is 43.0 Å². The van der Waals surface area contributed by atoms with E-state index in [2.05, 4.69) is 0 Å². The minimum Gasteiger partial charge on any atom is -0.497 e. The molecule has 0 aliphatic carbocycles. The second kappa shape index (κ2) is 6.89. The number of rotatable bonds is 5. The van der Waals surface area contributed by atoms with E-state index >= 15 is 0 Å². The molecule has 1 aromatic rings. The standard InChI is InChI=1S/C18H27NO4/c1-17(2,14-5-7-15(23-4)8-6-14)16(20)19-11-9-18(21,10-12-19)13-22-3/h5-8,21H,9-13H2,1-4H3. The maximum Gasteiger partial charge on any atom is 0.232 e. The molecule has 1 aromatic carbocycles. The monoisotopic (exact) mass is 321 g/mol. The first-order valence-corrected chi connectivity index (χ1v) is 7.98. The molecule has 0 spiro atoms. The Labute approximate surface area is 138 Å². The van der Waals surface area contributed by atoms with Gasteiger partial charge in [-0.2, -0.15) is 0 Å². The van der Waals surface area contributed by atoms with E-state index in [1.54, 1.807) is 14.2 Å². The topological polar surface area (TPSA) is 59.0 Å². The van der Waals surface area contributed by atoms with Gasteiger partial charge >= 0.3 is 0 Å². The summed E-state index contributed by atoms with van der Waals surface area (Å²) >= 11 is 0. The van der Waals surface area contributed by atoms with Gasteiger partial charge in [0.2, 0.25) is 5.91 Å². The van der Waals surface area contributed by atoms with Crippen molar-refractivity contribution in [2.24, 2.45) is 0 Å². The van der Waals surface area contributed by atoms with Gasteiger partial charge in [0, 0.05) is 20.2 Å². The second-order valence-electron chi connectivity index (χ2n) is 6.80. The molecule has 1 aliphatic rings. The fraction of sp³-hybridized carbons (Fsp3) is 0.611. The first-order chi connectivity index (χ1) is 10.8. The third-order valence-corrected chi connectivity index (χ3v) is 4.74. The Kier molecular flexibility index (Phi) is 5.32. The highest BCUT2D eigenvalue weighted by Crippen LogP contribution is 2.30. The largest absolute Gasteiger partial charge is 0.497 e. The fourth-order valence-corrected chi connectivity index (χ4v) is 3.07. The van der Waals surface area contributed by atoms with Gasteiger partial charge in [-0.25, -0.2) is 0 Å². The predicted molar refractivity (Wildman–Crippen MR) is 88.7 cm³/mol. The van der Waals surface area contributed by atoms with E-state index in [1.165, 1.54) is 0 Å². The zero-order valence-electron chi connectivity index (χ0n) is 14.5. The van der Waals surface area contributed by atoms with E-state index < -0.39 is 11.0 Å². The van der Waals surface area contributed by atoms with Gasteiger partial charge in [-0.1, -0.05) is 12.1 Å². The van der Waals surface area contributed by atoms with Crippen LogP contribution in [0.5, 0.6) is 5.75 Å². The van der Waals surface area contributed by atoms with Crippen LogP contribution in [-0.2, 0) is 14.9 Å². The number of ether oxygens (including phenoxy) is 2. The Hall–Kier alpha value is -1.59. The van der Waals surface area contributed by atoms with Gasteiger partial charge in [0.25, 0.3) is 0 Å². The normalized spacial score (nSPS) is 17.9. The lowest BCUT2D eigenvalue weighted by Crippen LogP contribution is -2.52. The number of piperidine rings is 1. The number of likely N-dealkylation sites (tertiary alicyclic amines) is 1. The van der Waals surface area contributed by atoms with E-state index in [0.29, 0.717) is 32.5 Å². The third kappa shape index (κ3) is 3.85. The van der Waals surface area contributed by atoms with Crippen LogP contribution in [0.3, 0.4) is 0 Å². The third-order valence-electron chi connectivity index (χ3n) is 4.74. The number of aliphatic hydroxyl groups is 1. The highest BCUT2D eigenvalue weighted by atomic mass is 16.5. The number of methoxy groups -OCH3 is 2. The van der Waals surface area contributed by atoms with Crippen molar-refractivity contribution in [3.63, 3.8) is 0 Å². The summed E-state index contributed by atoms with van der Waals surface area (Å²) in [6, 6.07) is 7.61. The van der Waals surface area contributed by atoms with Crippen molar-refractivity contribution in [3.8, 4) is 5.75 Å². The van der Waals surface area contributed by atoms with Gasteiger partial charge in [-0.05, 0) is 44.4 Å². The van der Waals surface area contributed by atoms with Crippen LogP contribution in [0.4, 0.5) is 0 Å². The number of amides is 1. The minimum atomic E-state index is -0.810. The van der Waals surface area contributed by atoms with Crippen LogP contribution in [0.15, 0.2) is 24.3 Å². The summed E-state index contributed by atoms with van der Waals surface area (Å²) in [5.41, 5.74) is -0.459. The summed E-state index contributed by atoms with van der Waals surface area (Å²) in [5.74, 6) is 0.863. The molecule has 5 heteroatoms. The van der Waals surface area contributed by atoms with Crippen LogP contribution in [-0.4, -0.2) is 55.4 Å². The molecule has 128 valence electrons. The van der Waals surface area contributed by atoms with Gasteiger partial charge in [0.15, 0.2) is 0 Å². The molecular formula is C18H27NO4. The van der Waals surface area contributed by atoms with E-state index in [4.69, 9.17) is 9.47 Å². The molecule has 0 saturated carbocycles. The van der Waals surface area contributed by atoms with Crippen LogP contribution >= 0.6 is 0 Å². The first-order valence-electron chi connectivity index (χ1n) is 7.98. The van der Waals surface area contributed by atoms with Crippen LogP contribution in [0.25, 0.3) is 0 Å². The molecule has 0 radical (unpaired) electrons. The van der Waals surface area contributed by atoms with Gasteiger partial charge in [-0.3, -0.25) is 4.79 Å². The molecule has 5 nitrogen and oxygen atoms in total. The molecule has 2 rings (SSSR count). The van der Waals surface area contributed by atoms with Crippen molar-refractivity contribution in [3.05, 3.63) is 29.8 Å². The predicted octanol–water partition coefficient (Wildman–Crippen LogP) is 1.97. The zero-order chi connectivity index (χ0) is 17.1. The van der Waals surface area contributed by atoms with Gasteiger partial charge < -0.3 is 19.5 Å². The number of carbonyl (C=O) groups is 1. The molecule has 23 heavy (non-hydrogen) atoms. The molecule has 0 bridgehead atoms. The average molecular weight is 321 g/mol. The zero-order valence-corrected chi connectivity index (χ0v) is 14.5. The van der Waals surface area contributed by atoms with E-state index in [-0.39, 0.29) is 5.91 Å². The molecule has 1 heterocycles. The highest BCUT2D eigenvalue weighted by Gasteiger charge is 2.39. The minimum absolute atomic E-state index is 0.0853. The molecule has 1 aliphatic heterocycles. The lowest BCUT2D eigenvalue weighted by molar-refractivity contribution is -0.142. The Balaban J connectivity index is 2.07. The van der Waals surface area contributed by atoms with Crippen molar-refractivity contribution in [2.45, 2.75) is 37.7 Å². The Morgan fingerprint density at radius 1 is 1.22 bits per heavy atom. The Morgan fingerprint density at radius 3 is 2.26 bits per heavy atom. The molecule has 0 unspecified atom stereocenters. The summed E-state index contributed by atoms with van der Waals surface area (Å²) in [6.07, 6.45) is 1.09. The van der Waals surface area contributed by atoms with Crippen LogP contribution < -0.4 is 4.74 Å². The quantitative estimate of drug-likeness (QED) is 0.901. The summed E-state index contributed by atoms with van der Waals surface area (Å²) in [5, 5.41) is 10.4. The molecular weight excluding hydrogens is 294 g/mol. The van der Waals surface area contributed by atoms with Crippen molar-refractivity contribution in [1.82, 2.24) is 4.90 Å². The molecule has 0 aromatic heterocycles. The summed E-state index contributed by atoms with van der Waals surface area (Å²) in [7, 11) is 3.21. The van der Waals surface area contributed by atoms with Crippen molar-refractivity contribution >= 4 is 5.91 Å². The fourth-order valence-electron chi connectivity index (χ4n) is 3.07. The number of carbonyl (C=O) groups excluding carboxylic acids is 1. The SMILES string of the molecule is COCC1(O)CCN(C(=O)C(C)(C)c2ccc(OC)cc2)CC1. The van der Waals surface area contributed by atoms with E-state index in [9.17, 15) is 9.90 Å². The smallest absolute Gasteiger partial charge is 0.232 e. The Bertz CT molecular complexity index is 530. The lowest BCUT2D eigenvalue weighted by atomic mass is 9.82. The van der Waals surface area contributed by atoms with Crippen molar-refractivity contribution in [1.29, 1.82) is 0 Å². The van der Waals surface area contributed by atoms with Crippen molar-refractivity contribution < 1.29 is 19.4 Å². The number of nitrogens with zero attached hydrogens (tertiary/aromatic N) is 1. The maximum atomic E-state index is 12.9. The van der Waals surface area contributed by atoms with Crippen molar-refractivity contribution in [2.75, 3.05) is 33.9 Å². The number of hydrogen-bond donors (Lipinski definition) is 1. The summed E-state index contributed by atoms with van der Waals surface area (Å²) in [6.45, 7) is 5.30. The number of hydrogen-bond acceptors (Lipinski definition) is 4. The van der Waals surface area contributed by atoms with Crippen LogP contribution in [0.1, 0.15) is 32.3 Å². The number of benzene rings is 1.